The predicted octanol–water partition coefficient (Wildman–Crippen LogP) is 3.87. The van der Waals surface area contributed by atoms with Crippen molar-refractivity contribution in [1.82, 2.24) is 14.5 Å². The molecular weight excluding hydrogens is 378 g/mol. The maximum Gasteiger partial charge on any atom is 0.350 e. The van der Waals surface area contributed by atoms with E-state index in [2.05, 4.69) is 52.6 Å². The third-order valence-electron chi connectivity index (χ3n) is 5.81. The van der Waals surface area contributed by atoms with Gasteiger partial charge in [-0.2, -0.15) is 4.98 Å². The molecule has 0 bridgehead atoms. The van der Waals surface area contributed by atoms with Gasteiger partial charge in [0.15, 0.2) is 5.82 Å². The number of fused-ring (bicyclic) bond motifs is 1. The summed E-state index contributed by atoms with van der Waals surface area (Å²) in [5, 5.41) is 0. The largest absolute Gasteiger partial charge is 0.490 e. The molecule has 7 heteroatoms. The van der Waals surface area contributed by atoms with Gasteiger partial charge >= 0.3 is 5.69 Å². The number of nitrogens with zero attached hydrogens (tertiary/aromatic N) is 5. The molecule has 0 spiro atoms. The summed E-state index contributed by atoms with van der Waals surface area (Å²) >= 11 is 0. The van der Waals surface area contributed by atoms with Crippen LogP contribution in [0.25, 0.3) is 15.9 Å². The minimum atomic E-state index is -0.326. The van der Waals surface area contributed by atoms with Crippen LogP contribution >= 0.6 is 0 Å². The van der Waals surface area contributed by atoms with Gasteiger partial charge in [0.2, 0.25) is 5.52 Å². The van der Waals surface area contributed by atoms with E-state index >= 15 is 0 Å². The zero-order valence-corrected chi connectivity index (χ0v) is 17.7. The van der Waals surface area contributed by atoms with Gasteiger partial charge in [-0.15, -0.1) is 4.98 Å². The zero-order chi connectivity index (χ0) is 21.4. The lowest BCUT2D eigenvalue weighted by molar-refractivity contribution is 0.107. The van der Waals surface area contributed by atoms with Crippen molar-refractivity contribution < 1.29 is 4.74 Å². The van der Waals surface area contributed by atoms with E-state index < -0.39 is 0 Å². The summed E-state index contributed by atoms with van der Waals surface area (Å²) in [7, 11) is 1.68. The minimum absolute atomic E-state index is 0.0719. The third kappa shape index (κ3) is 3.61. The van der Waals surface area contributed by atoms with Crippen LogP contribution in [0.3, 0.4) is 0 Å². The van der Waals surface area contributed by atoms with Crippen LogP contribution in [0.1, 0.15) is 25.8 Å². The van der Waals surface area contributed by atoms with Crippen molar-refractivity contribution in [3.05, 3.63) is 63.9 Å². The average molecular weight is 403 g/mol. The van der Waals surface area contributed by atoms with Crippen molar-refractivity contribution in [2.75, 3.05) is 11.4 Å². The maximum atomic E-state index is 12.5. The van der Waals surface area contributed by atoms with E-state index in [9.17, 15) is 4.79 Å². The number of ether oxygens (including phenoxy) is 1. The Morgan fingerprint density at radius 2 is 2.00 bits per heavy atom. The molecule has 0 aliphatic carbocycles. The van der Waals surface area contributed by atoms with Crippen molar-refractivity contribution in [3.8, 4) is 5.75 Å². The van der Waals surface area contributed by atoms with Crippen LogP contribution in [0.2, 0.25) is 0 Å². The van der Waals surface area contributed by atoms with Crippen LogP contribution in [0.15, 0.2) is 41.2 Å². The zero-order valence-electron chi connectivity index (χ0n) is 17.7. The molecule has 3 atom stereocenters. The molecular formula is C23H25N5O2. The quantitative estimate of drug-likeness (QED) is 0.621. The lowest BCUT2D eigenvalue weighted by Crippen LogP contribution is -2.50. The van der Waals surface area contributed by atoms with Gasteiger partial charge in [-0.3, -0.25) is 4.57 Å². The van der Waals surface area contributed by atoms with Crippen molar-refractivity contribution in [1.29, 1.82) is 0 Å². The molecule has 3 heterocycles. The molecule has 7 nitrogen and oxygen atoms in total. The Hall–Kier alpha value is -3.40. The van der Waals surface area contributed by atoms with Gasteiger partial charge in [-0.1, -0.05) is 25.6 Å². The summed E-state index contributed by atoms with van der Waals surface area (Å²) in [5.41, 5.74) is 2.11. The molecule has 0 saturated carbocycles. The predicted molar refractivity (Wildman–Crippen MR) is 117 cm³/mol. The van der Waals surface area contributed by atoms with E-state index in [1.807, 2.05) is 12.1 Å². The van der Waals surface area contributed by atoms with Gasteiger partial charge in [-0.25, -0.2) is 4.79 Å². The summed E-state index contributed by atoms with van der Waals surface area (Å²) in [6.07, 6.45) is 0.873. The van der Waals surface area contributed by atoms with Crippen LogP contribution in [0.5, 0.6) is 5.75 Å². The number of piperidine rings is 1. The number of pyridine rings is 1. The molecule has 1 saturated heterocycles. The molecule has 1 fully saturated rings. The van der Waals surface area contributed by atoms with E-state index in [0.29, 0.717) is 29.2 Å². The second kappa shape index (κ2) is 7.79. The summed E-state index contributed by atoms with van der Waals surface area (Å²) in [6.45, 7) is 14.3. The highest BCUT2D eigenvalue weighted by molar-refractivity contribution is 5.87. The second-order valence-electron chi connectivity index (χ2n) is 8.11. The van der Waals surface area contributed by atoms with E-state index in [1.165, 1.54) is 10.1 Å². The summed E-state index contributed by atoms with van der Waals surface area (Å²) in [5.74, 6) is 1.95. The lowest BCUT2D eigenvalue weighted by atomic mass is 9.91. The Balaban J connectivity index is 1.67. The SMILES string of the molecule is [C-]#[N+]c1ccc2c(n1)c(N1C[C@H](C)C(Oc3cccc(C)c3)C[C@@H]1C)nc(=O)n2C. The van der Waals surface area contributed by atoms with E-state index in [1.54, 1.807) is 19.2 Å². The van der Waals surface area contributed by atoms with E-state index in [4.69, 9.17) is 11.3 Å². The van der Waals surface area contributed by atoms with Crippen molar-refractivity contribution in [3.63, 3.8) is 0 Å². The van der Waals surface area contributed by atoms with Crippen molar-refractivity contribution in [2.24, 2.45) is 13.0 Å². The standard InChI is InChI=1S/C23H25N5O2/c1-14-7-6-8-17(11-14)30-19-12-16(3)28(13-15(19)2)22-21-18(27(5)23(29)26-22)9-10-20(24-4)25-21/h6-11,15-16,19H,12-13H2,1-3,5H3/t15-,16-,19?/m0/s1. The number of hydrogen-bond donors (Lipinski definition) is 0. The molecule has 2 aromatic heterocycles. The Labute approximate surface area is 175 Å². The van der Waals surface area contributed by atoms with Crippen LogP contribution in [0.4, 0.5) is 11.6 Å². The first-order chi connectivity index (χ1) is 14.4. The highest BCUT2D eigenvalue weighted by atomic mass is 16.5. The van der Waals surface area contributed by atoms with E-state index in [0.717, 1.165) is 12.2 Å². The topological polar surface area (TPSA) is 64.6 Å². The molecule has 0 amide bonds. The minimum Gasteiger partial charge on any atom is -0.490 e. The first kappa shape index (κ1) is 19.9. The van der Waals surface area contributed by atoms with Crippen LogP contribution < -0.4 is 15.3 Å². The number of aryl methyl sites for hydroxylation is 2. The van der Waals surface area contributed by atoms with Gasteiger partial charge in [0.25, 0.3) is 5.82 Å². The van der Waals surface area contributed by atoms with Crippen LogP contribution in [-0.2, 0) is 7.05 Å². The fourth-order valence-corrected chi connectivity index (χ4v) is 4.09. The van der Waals surface area contributed by atoms with Gasteiger partial charge in [-0.05, 0) is 43.7 Å². The molecule has 30 heavy (non-hydrogen) atoms. The van der Waals surface area contributed by atoms with Crippen LogP contribution in [-0.4, -0.2) is 33.2 Å². The van der Waals surface area contributed by atoms with Gasteiger partial charge in [0.1, 0.15) is 11.9 Å². The van der Waals surface area contributed by atoms with Crippen molar-refractivity contribution >= 4 is 22.7 Å². The highest BCUT2D eigenvalue weighted by Gasteiger charge is 2.35. The molecule has 154 valence electrons. The molecule has 1 aliphatic heterocycles. The van der Waals surface area contributed by atoms with Crippen LogP contribution in [0, 0.1) is 19.4 Å². The van der Waals surface area contributed by atoms with Crippen molar-refractivity contribution in [2.45, 2.75) is 39.3 Å². The third-order valence-corrected chi connectivity index (χ3v) is 5.81. The smallest absolute Gasteiger partial charge is 0.350 e. The summed E-state index contributed by atoms with van der Waals surface area (Å²) in [4.78, 5) is 26.9. The molecule has 4 rings (SSSR count). The molecule has 1 aromatic carbocycles. The number of benzene rings is 1. The maximum absolute atomic E-state index is 12.5. The Morgan fingerprint density at radius 1 is 1.20 bits per heavy atom. The fourth-order valence-electron chi connectivity index (χ4n) is 4.09. The monoisotopic (exact) mass is 403 g/mol. The Morgan fingerprint density at radius 3 is 2.73 bits per heavy atom. The summed E-state index contributed by atoms with van der Waals surface area (Å²) < 4.78 is 7.77. The average Bonchev–Trinajstić information content (AvgIpc) is 2.73. The first-order valence-electron chi connectivity index (χ1n) is 10.1. The Bertz CT molecular complexity index is 1200. The first-order valence-corrected chi connectivity index (χ1v) is 10.1. The number of anilines is 1. The molecule has 3 aromatic rings. The number of hydrogen-bond acceptors (Lipinski definition) is 5. The lowest BCUT2D eigenvalue weighted by Gasteiger charge is -2.42. The van der Waals surface area contributed by atoms with Gasteiger partial charge in [0, 0.05) is 32.0 Å². The highest BCUT2D eigenvalue weighted by Crippen LogP contribution is 2.32. The Kier molecular flexibility index (Phi) is 5.17. The molecule has 0 radical (unpaired) electrons. The molecule has 0 N–H and O–H groups in total. The molecule has 1 unspecified atom stereocenters. The normalized spacial score (nSPS) is 21.4. The second-order valence-corrected chi connectivity index (χ2v) is 8.11. The fraction of sp³-hybridized carbons (Fsp3) is 0.391. The van der Waals surface area contributed by atoms with E-state index in [-0.39, 0.29) is 23.8 Å². The molecule has 1 aliphatic rings. The number of rotatable bonds is 3. The summed E-state index contributed by atoms with van der Waals surface area (Å²) in [6, 6.07) is 11.6. The van der Waals surface area contributed by atoms with Gasteiger partial charge in [0.05, 0.1) is 5.52 Å². The number of aromatic nitrogens is 3. The van der Waals surface area contributed by atoms with Gasteiger partial charge < -0.3 is 14.5 Å².